The maximum Gasteiger partial charge on any atom is 0.234 e. The minimum atomic E-state index is -0.0579. The van der Waals surface area contributed by atoms with Crippen molar-refractivity contribution in [3.63, 3.8) is 0 Å². The highest BCUT2D eigenvalue weighted by Crippen LogP contribution is 2.41. The fourth-order valence-electron chi connectivity index (χ4n) is 4.39. The van der Waals surface area contributed by atoms with E-state index in [1.807, 2.05) is 48.9 Å². The lowest BCUT2D eigenvalue weighted by molar-refractivity contribution is -0.113. The molecule has 9 heteroatoms. The SMILES string of the molecule is Cc1nn(-c2ccccc2)c(C)c1NC(=O)CSc1nnc(N2CCC(C)CC2)n1C1CC1. The summed E-state index contributed by atoms with van der Waals surface area (Å²) in [6.45, 7) is 8.27. The van der Waals surface area contributed by atoms with Gasteiger partial charge in [0, 0.05) is 19.1 Å². The zero-order valence-corrected chi connectivity index (χ0v) is 20.3. The Balaban J connectivity index is 1.26. The van der Waals surface area contributed by atoms with E-state index >= 15 is 0 Å². The molecule has 8 nitrogen and oxygen atoms in total. The van der Waals surface area contributed by atoms with Crippen LogP contribution in [0.3, 0.4) is 0 Å². The predicted molar refractivity (Wildman–Crippen MR) is 131 cm³/mol. The molecule has 2 fully saturated rings. The second-order valence-corrected chi connectivity index (χ2v) is 10.1. The Morgan fingerprint density at radius 3 is 2.52 bits per heavy atom. The monoisotopic (exact) mass is 465 g/mol. The first-order chi connectivity index (χ1) is 16.0. The third-order valence-electron chi connectivity index (χ3n) is 6.51. The van der Waals surface area contributed by atoms with Crippen LogP contribution in [0.1, 0.15) is 50.0 Å². The van der Waals surface area contributed by atoms with Crippen molar-refractivity contribution in [2.24, 2.45) is 5.92 Å². The molecule has 0 radical (unpaired) electrons. The van der Waals surface area contributed by atoms with Gasteiger partial charge in [0.15, 0.2) is 5.16 Å². The summed E-state index contributed by atoms with van der Waals surface area (Å²) in [5, 5.41) is 17.5. The van der Waals surface area contributed by atoms with Crippen molar-refractivity contribution in [3.05, 3.63) is 41.7 Å². The number of carbonyl (C=O) groups excluding carboxylic acids is 1. The zero-order valence-electron chi connectivity index (χ0n) is 19.5. The molecule has 1 aliphatic heterocycles. The first-order valence-electron chi connectivity index (χ1n) is 11.8. The molecule has 1 aliphatic carbocycles. The van der Waals surface area contributed by atoms with Crippen molar-refractivity contribution in [2.75, 3.05) is 29.1 Å². The standard InChI is InChI=1S/C24H31N7OS/c1-16-11-13-29(14-12-16)23-26-27-24(30(23)19-9-10-19)33-15-21(32)25-22-17(2)28-31(18(22)3)20-7-5-4-6-8-20/h4-8,16,19H,9-15H2,1-3H3,(H,25,32). The van der Waals surface area contributed by atoms with E-state index in [1.165, 1.54) is 24.6 Å². The van der Waals surface area contributed by atoms with Crippen LogP contribution >= 0.6 is 11.8 Å². The van der Waals surface area contributed by atoms with Gasteiger partial charge in [0.1, 0.15) is 0 Å². The number of para-hydroxylation sites is 1. The van der Waals surface area contributed by atoms with Gasteiger partial charge in [-0.3, -0.25) is 9.36 Å². The largest absolute Gasteiger partial charge is 0.341 e. The molecule has 3 aromatic rings. The minimum Gasteiger partial charge on any atom is -0.341 e. The Hall–Kier alpha value is -2.81. The van der Waals surface area contributed by atoms with Crippen molar-refractivity contribution in [3.8, 4) is 5.69 Å². The molecular weight excluding hydrogens is 434 g/mol. The Kier molecular flexibility index (Phi) is 6.14. The maximum absolute atomic E-state index is 12.8. The topological polar surface area (TPSA) is 80.9 Å². The van der Waals surface area contributed by atoms with Gasteiger partial charge in [-0.25, -0.2) is 4.68 Å². The second-order valence-electron chi connectivity index (χ2n) is 9.18. The third kappa shape index (κ3) is 4.64. The van der Waals surface area contributed by atoms with Gasteiger partial charge in [0.05, 0.1) is 28.5 Å². The Labute approximate surface area is 198 Å². The van der Waals surface area contributed by atoms with Crippen molar-refractivity contribution in [1.29, 1.82) is 0 Å². The molecule has 0 atom stereocenters. The van der Waals surface area contributed by atoms with Gasteiger partial charge < -0.3 is 10.2 Å². The van der Waals surface area contributed by atoms with Crippen molar-refractivity contribution >= 4 is 29.3 Å². The summed E-state index contributed by atoms with van der Waals surface area (Å²) in [5.74, 6) is 1.98. The number of amides is 1. The molecule has 3 heterocycles. The van der Waals surface area contributed by atoms with Crippen LogP contribution in [-0.2, 0) is 4.79 Å². The van der Waals surface area contributed by atoms with Gasteiger partial charge in [0.25, 0.3) is 0 Å². The van der Waals surface area contributed by atoms with E-state index in [1.54, 1.807) is 0 Å². The lowest BCUT2D eigenvalue weighted by Gasteiger charge is -2.31. The van der Waals surface area contributed by atoms with Gasteiger partial charge >= 0.3 is 0 Å². The number of hydrogen-bond donors (Lipinski definition) is 1. The molecule has 0 spiro atoms. The first kappa shape index (κ1) is 22.0. The van der Waals surface area contributed by atoms with Crippen LogP contribution < -0.4 is 10.2 Å². The maximum atomic E-state index is 12.8. The molecule has 174 valence electrons. The summed E-state index contributed by atoms with van der Waals surface area (Å²) >= 11 is 1.47. The highest BCUT2D eigenvalue weighted by atomic mass is 32.2. The van der Waals surface area contributed by atoms with Crippen LogP contribution in [-0.4, -0.2) is 49.3 Å². The number of aryl methyl sites for hydroxylation is 1. The predicted octanol–water partition coefficient (Wildman–Crippen LogP) is 4.38. The van der Waals surface area contributed by atoms with Crippen LogP contribution in [0.15, 0.2) is 35.5 Å². The van der Waals surface area contributed by atoms with Crippen molar-refractivity contribution in [2.45, 2.75) is 57.7 Å². The summed E-state index contributed by atoms with van der Waals surface area (Å²) in [6.07, 6.45) is 4.70. The van der Waals surface area contributed by atoms with Crippen LogP contribution in [0, 0.1) is 19.8 Å². The number of anilines is 2. The number of benzene rings is 1. The minimum absolute atomic E-state index is 0.0579. The fraction of sp³-hybridized carbons (Fsp3) is 0.500. The number of aromatic nitrogens is 5. The molecular formula is C24H31N7OS. The number of carbonyl (C=O) groups is 1. The second kappa shape index (κ2) is 9.21. The molecule has 0 unspecified atom stereocenters. The third-order valence-corrected chi connectivity index (χ3v) is 7.46. The molecule has 1 saturated heterocycles. The van der Waals surface area contributed by atoms with Gasteiger partial charge in [-0.2, -0.15) is 5.10 Å². The molecule has 1 saturated carbocycles. The molecule has 1 amide bonds. The molecule has 5 rings (SSSR count). The first-order valence-corrected chi connectivity index (χ1v) is 12.7. The number of nitrogens with one attached hydrogen (secondary N) is 1. The number of nitrogens with zero attached hydrogens (tertiary/aromatic N) is 6. The van der Waals surface area contributed by atoms with E-state index in [2.05, 4.69) is 37.0 Å². The molecule has 2 aromatic heterocycles. The number of thioether (sulfide) groups is 1. The van der Waals surface area contributed by atoms with E-state index < -0.39 is 0 Å². The summed E-state index contributed by atoms with van der Waals surface area (Å²) < 4.78 is 4.13. The molecule has 1 N–H and O–H groups in total. The van der Waals surface area contributed by atoms with E-state index in [0.717, 1.165) is 65.7 Å². The average molecular weight is 466 g/mol. The van der Waals surface area contributed by atoms with Crippen LogP contribution in [0.25, 0.3) is 5.69 Å². The number of hydrogen-bond acceptors (Lipinski definition) is 6. The van der Waals surface area contributed by atoms with Crippen molar-refractivity contribution < 1.29 is 4.79 Å². The summed E-state index contributed by atoms with van der Waals surface area (Å²) in [4.78, 5) is 15.2. The molecule has 33 heavy (non-hydrogen) atoms. The Morgan fingerprint density at radius 1 is 1.09 bits per heavy atom. The van der Waals surface area contributed by atoms with Gasteiger partial charge in [-0.05, 0) is 57.6 Å². The highest BCUT2D eigenvalue weighted by Gasteiger charge is 2.32. The number of rotatable bonds is 7. The van der Waals surface area contributed by atoms with Gasteiger partial charge in [-0.15, -0.1) is 10.2 Å². The average Bonchev–Trinajstić information content (AvgIpc) is 3.52. The van der Waals surface area contributed by atoms with Gasteiger partial charge in [-0.1, -0.05) is 36.9 Å². The number of piperidine rings is 1. The van der Waals surface area contributed by atoms with Gasteiger partial charge in [0.2, 0.25) is 11.9 Å². The molecule has 0 bridgehead atoms. The quantitative estimate of drug-likeness (QED) is 0.522. The zero-order chi connectivity index (χ0) is 22.9. The Bertz CT molecular complexity index is 1130. The Morgan fingerprint density at radius 2 is 1.82 bits per heavy atom. The van der Waals surface area contributed by atoms with E-state index in [4.69, 9.17) is 0 Å². The van der Waals surface area contributed by atoms with Crippen molar-refractivity contribution in [1.82, 2.24) is 24.5 Å². The van der Waals surface area contributed by atoms with Crippen LogP contribution in [0.5, 0.6) is 0 Å². The fourth-order valence-corrected chi connectivity index (χ4v) is 5.19. The lowest BCUT2D eigenvalue weighted by atomic mass is 10.00. The highest BCUT2D eigenvalue weighted by molar-refractivity contribution is 7.99. The van der Waals surface area contributed by atoms with E-state index in [0.29, 0.717) is 6.04 Å². The van der Waals surface area contributed by atoms with E-state index in [-0.39, 0.29) is 11.7 Å². The normalized spacial score (nSPS) is 16.9. The summed E-state index contributed by atoms with van der Waals surface area (Å²) in [6, 6.07) is 10.4. The molecule has 2 aliphatic rings. The smallest absolute Gasteiger partial charge is 0.234 e. The molecule has 1 aromatic carbocycles. The van der Waals surface area contributed by atoms with E-state index in [9.17, 15) is 4.79 Å². The van der Waals surface area contributed by atoms with Crippen LogP contribution in [0.2, 0.25) is 0 Å². The lowest BCUT2D eigenvalue weighted by Crippen LogP contribution is -2.34. The van der Waals surface area contributed by atoms with Crippen LogP contribution in [0.4, 0.5) is 11.6 Å². The summed E-state index contributed by atoms with van der Waals surface area (Å²) in [7, 11) is 0. The summed E-state index contributed by atoms with van der Waals surface area (Å²) in [5.41, 5.74) is 3.47.